The van der Waals surface area contributed by atoms with E-state index in [9.17, 15) is 8.42 Å². The Hall–Kier alpha value is -2.39. The van der Waals surface area contributed by atoms with E-state index in [1.807, 2.05) is 19.9 Å². The highest BCUT2D eigenvalue weighted by Gasteiger charge is 2.33. The summed E-state index contributed by atoms with van der Waals surface area (Å²) >= 11 is 0. The number of aromatic amines is 1. The van der Waals surface area contributed by atoms with Gasteiger partial charge in [0.2, 0.25) is 10.9 Å². The monoisotopic (exact) mass is 376 g/mol. The smallest absolute Gasteiger partial charge is 0.276 e. The average molecular weight is 376 g/mol. The van der Waals surface area contributed by atoms with Crippen LogP contribution < -0.4 is 0 Å². The minimum atomic E-state index is -3.67. The lowest BCUT2D eigenvalue weighted by molar-refractivity contribution is 0.307. The van der Waals surface area contributed by atoms with E-state index in [1.54, 1.807) is 12.3 Å². The molecule has 1 aliphatic heterocycles. The van der Waals surface area contributed by atoms with E-state index in [0.717, 1.165) is 29.8 Å². The van der Waals surface area contributed by atoms with Crippen molar-refractivity contribution >= 4 is 10.0 Å². The lowest BCUT2D eigenvalue weighted by atomic mass is 9.95. The van der Waals surface area contributed by atoms with Crippen molar-refractivity contribution in [1.29, 1.82) is 0 Å². The minimum Gasteiger partial charge on any atom is -0.440 e. The van der Waals surface area contributed by atoms with E-state index in [0.29, 0.717) is 30.5 Å². The molecule has 138 valence electrons. The number of sulfonamides is 1. The predicted octanol–water partition coefficient (Wildman–Crippen LogP) is 2.84. The van der Waals surface area contributed by atoms with Gasteiger partial charge in [0.25, 0.3) is 10.0 Å². The predicted molar refractivity (Wildman–Crippen MR) is 93.0 cm³/mol. The quantitative estimate of drug-likeness (QED) is 0.751. The van der Waals surface area contributed by atoms with E-state index < -0.39 is 10.0 Å². The maximum absolute atomic E-state index is 12.9. The third kappa shape index (κ3) is 2.86. The molecule has 4 heterocycles. The number of nitrogens with zero attached hydrogens (tertiary/aromatic N) is 3. The molecule has 0 amide bonds. The topological polar surface area (TPSA) is 105 Å². The van der Waals surface area contributed by atoms with Crippen LogP contribution in [0.2, 0.25) is 0 Å². The van der Waals surface area contributed by atoms with E-state index in [1.165, 1.54) is 10.4 Å². The summed E-state index contributed by atoms with van der Waals surface area (Å²) in [5, 5.41) is 10.8. The summed E-state index contributed by atoms with van der Waals surface area (Å²) in [6, 6.07) is 5.02. The van der Waals surface area contributed by atoms with Crippen LogP contribution in [0.4, 0.5) is 0 Å². The molecule has 0 saturated carbocycles. The molecular formula is C17H20N4O4S. The molecule has 8 nitrogen and oxygen atoms in total. The third-order valence-electron chi connectivity index (χ3n) is 4.97. The Kier molecular flexibility index (Phi) is 4.20. The van der Waals surface area contributed by atoms with Crippen molar-refractivity contribution < 1.29 is 17.4 Å². The Bertz CT molecular complexity index is 996. The van der Waals surface area contributed by atoms with E-state index in [4.69, 9.17) is 8.94 Å². The molecule has 9 heteroatoms. The summed E-state index contributed by atoms with van der Waals surface area (Å²) in [7, 11) is -3.67. The molecule has 1 saturated heterocycles. The summed E-state index contributed by atoms with van der Waals surface area (Å²) in [5.74, 6) is 1.13. The fourth-order valence-electron chi connectivity index (χ4n) is 3.25. The highest BCUT2D eigenvalue weighted by molar-refractivity contribution is 7.89. The highest BCUT2D eigenvalue weighted by atomic mass is 32.2. The van der Waals surface area contributed by atoms with Crippen LogP contribution in [0.3, 0.4) is 0 Å². The van der Waals surface area contributed by atoms with Gasteiger partial charge < -0.3 is 8.94 Å². The second kappa shape index (κ2) is 6.40. The molecule has 0 aromatic carbocycles. The zero-order valence-corrected chi connectivity index (χ0v) is 15.4. The lowest BCUT2D eigenvalue weighted by Crippen LogP contribution is -2.37. The maximum atomic E-state index is 12.9. The fraction of sp³-hybridized carbons (Fsp3) is 0.412. The van der Waals surface area contributed by atoms with Crippen molar-refractivity contribution in [1.82, 2.24) is 19.7 Å². The molecule has 4 rings (SSSR count). The van der Waals surface area contributed by atoms with Gasteiger partial charge in [0.15, 0.2) is 5.76 Å². The fourth-order valence-corrected chi connectivity index (χ4v) is 4.64. The maximum Gasteiger partial charge on any atom is 0.276 e. The van der Waals surface area contributed by atoms with E-state index >= 15 is 0 Å². The van der Waals surface area contributed by atoms with Crippen LogP contribution in [0.15, 0.2) is 38.4 Å². The Balaban J connectivity index is 1.52. The first-order valence-electron chi connectivity index (χ1n) is 8.49. The van der Waals surface area contributed by atoms with Crippen molar-refractivity contribution in [2.45, 2.75) is 37.7 Å². The molecule has 0 radical (unpaired) electrons. The summed E-state index contributed by atoms with van der Waals surface area (Å²) in [6.45, 7) is 4.58. The molecule has 1 fully saturated rings. The number of piperidine rings is 1. The molecule has 3 aromatic rings. The van der Waals surface area contributed by atoms with Gasteiger partial charge in [-0.05, 0) is 44.9 Å². The summed E-state index contributed by atoms with van der Waals surface area (Å²) < 4.78 is 38.1. The van der Waals surface area contributed by atoms with E-state index in [2.05, 4.69) is 15.4 Å². The van der Waals surface area contributed by atoms with Gasteiger partial charge in [-0.15, -0.1) is 0 Å². The average Bonchev–Trinajstić information content (AvgIpc) is 3.38. The van der Waals surface area contributed by atoms with Gasteiger partial charge in [-0.2, -0.15) is 9.40 Å². The lowest BCUT2D eigenvalue weighted by Gasteiger charge is -2.29. The van der Waals surface area contributed by atoms with Crippen LogP contribution in [0.25, 0.3) is 11.5 Å². The number of aromatic nitrogens is 3. The van der Waals surface area contributed by atoms with Crippen LogP contribution >= 0.6 is 0 Å². The Labute approximate surface area is 151 Å². The van der Waals surface area contributed by atoms with Crippen LogP contribution in [0.1, 0.15) is 35.7 Å². The molecular weight excluding hydrogens is 356 g/mol. The minimum absolute atomic E-state index is 0.0686. The highest BCUT2D eigenvalue weighted by Crippen LogP contribution is 2.32. The first kappa shape index (κ1) is 17.0. The van der Waals surface area contributed by atoms with Crippen LogP contribution in [-0.2, 0) is 10.0 Å². The third-order valence-corrected chi connectivity index (χ3v) is 6.75. The zero-order valence-electron chi connectivity index (χ0n) is 14.6. The van der Waals surface area contributed by atoms with Gasteiger partial charge in [0.05, 0.1) is 5.69 Å². The van der Waals surface area contributed by atoms with Crippen molar-refractivity contribution in [3.8, 4) is 11.5 Å². The molecule has 1 N–H and O–H groups in total. The molecule has 0 unspecified atom stereocenters. The van der Waals surface area contributed by atoms with Gasteiger partial charge in [-0.25, -0.2) is 8.42 Å². The molecule has 3 aromatic heterocycles. The number of nitrogens with one attached hydrogen (secondary N) is 1. The number of aryl methyl sites for hydroxylation is 1. The Morgan fingerprint density at radius 3 is 2.58 bits per heavy atom. The van der Waals surface area contributed by atoms with Gasteiger partial charge in [0.1, 0.15) is 0 Å². The molecule has 0 atom stereocenters. The van der Waals surface area contributed by atoms with Crippen LogP contribution in [0, 0.1) is 13.8 Å². The first-order valence-corrected chi connectivity index (χ1v) is 9.93. The standard InChI is InChI=1S/C17H20N4O4S/c1-11-12(2)20-25-17(11)15-3-4-16(24-15)26(22,23)21-9-6-13(7-10-21)14-5-8-18-19-14/h3-5,8,13H,6-7,9-10H2,1-2H3,(H,18,19). The second-order valence-electron chi connectivity index (χ2n) is 6.53. The van der Waals surface area contributed by atoms with Gasteiger partial charge in [-0.1, -0.05) is 5.16 Å². The molecule has 26 heavy (non-hydrogen) atoms. The Morgan fingerprint density at radius 2 is 1.96 bits per heavy atom. The number of rotatable bonds is 4. The number of hydrogen-bond donors (Lipinski definition) is 1. The zero-order chi connectivity index (χ0) is 18.3. The number of furan rings is 1. The van der Waals surface area contributed by atoms with Gasteiger partial charge >= 0.3 is 0 Å². The van der Waals surface area contributed by atoms with Crippen molar-refractivity contribution in [2.75, 3.05) is 13.1 Å². The van der Waals surface area contributed by atoms with Gasteiger partial charge in [-0.3, -0.25) is 5.10 Å². The summed E-state index contributed by atoms with van der Waals surface area (Å²) in [6.07, 6.45) is 3.21. The molecule has 0 spiro atoms. The summed E-state index contributed by atoms with van der Waals surface area (Å²) in [4.78, 5) is 0. The molecule has 0 bridgehead atoms. The summed E-state index contributed by atoms with van der Waals surface area (Å²) in [5.41, 5.74) is 2.64. The van der Waals surface area contributed by atoms with Crippen LogP contribution in [-0.4, -0.2) is 41.2 Å². The Morgan fingerprint density at radius 1 is 1.19 bits per heavy atom. The second-order valence-corrected chi connectivity index (χ2v) is 8.40. The molecule has 1 aliphatic rings. The van der Waals surface area contributed by atoms with Crippen molar-refractivity contribution in [3.05, 3.63) is 41.3 Å². The van der Waals surface area contributed by atoms with Gasteiger partial charge in [0, 0.05) is 36.5 Å². The largest absolute Gasteiger partial charge is 0.440 e. The first-order chi connectivity index (χ1) is 12.5. The normalized spacial score (nSPS) is 17.0. The van der Waals surface area contributed by atoms with Crippen LogP contribution in [0.5, 0.6) is 0 Å². The number of hydrogen-bond acceptors (Lipinski definition) is 6. The SMILES string of the molecule is Cc1noc(-c2ccc(S(=O)(=O)N3CCC(c4ccn[nH]4)CC3)o2)c1C. The number of H-pyrrole nitrogens is 1. The van der Waals surface area contributed by atoms with Crippen molar-refractivity contribution in [2.24, 2.45) is 0 Å². The molecule has 0 aliphatic carbocycles. The van der Waals surface area contributed by atoms with E-state index in [-0.39, 0.29) is 5.09 Å². The van der Waals surface area contributed by atoms with Crippen molar-refractivity contribution in [3.63, 3.8) is 0 Å².